The van der Waals surface area contributed by atoms with Gasteiger partial charge in [0.1, 0.15) is 11.5 Å². The van der Waals surface area contributed by atoms with Crippen LogP contribution >= 0.6 is 11.6 Å². The van der Waals surface area contributed by atoms with E-state index in [4.69, 9.17) is 16.0 Å². The second-order valence-electron chi connectivity index (χ2n) is 8.71. The molecule has 6 nitrogen and oxygen atoms in total. The fourth-order valence-corrected chi connectivity index (χ4v) is 4.64. The highest BCUT2D eigenvalue weighted by molar-refractivity contribution is 6.31. The Morgan fingerprint density at radius 1 is 1.09 bits per heavy atom. The maximum atomic E-state index is 13.1. The number of H-pyrrole nitrogens is 1. The number of nitrogens with zero attached hydrogens (tertiary/aromatic N) is 2. The fraction of sp³-hybridized carbons (Fsp3) is 0.222. The monoisotopic (exact) mass is 475 g/mol. The molecule has 1 amide bonds. The van der Waals surface area contributed by atoms with Crippen molar-refractivity contribution in [3.8, 4) is 17.2 Å². The zero-order chi connectivity index (χ0) is 23.8. The standard InChI is InChI=1S/C27H26ClN3O3/c1-17(25-21-16-20(28)7-8-22(21)29-26(25)32)23-9-10-24(34-23)18-5-3-6-19(15-18)27(33)31-12-4-11-30(2)13-14-31/h3,5-10,15-16,29,32H,1,4,11-14H2,2H3. The van der Waals surface area contributed by atoms with E-state index in [2.05, 4.69) is 23.5 Å². The first-order valence-electron chi connectivity index (χ1n) is 11.3. The Labute approximate surface area is 203 Å². The Bertz CT molecular complexity index is 1390. The van der Waals surface area contributed by atoms with Crippen LogP contribution in [0.25, 0.3) is 27.8 Å². The van der Waals surface area contributed by atoms with Gasteiger partial charge in [-0.15, -0.1) is 0 Å². The quantitative estimate of drug-likeness (QED) is 0.401. The van der Waals surface area contributed by atoms with Crippen molar-refractivity contribution in [2.24, 2.45) is 0 Å². The summed E-state index contributed by atoms with van der Waals surface area (Å²) < 4.78 is 6.11. The van der Waals surface area contributed by atoms with Crippen molar-refractivity contribution in [3.05, 3.63) is 83.1 Å². The van der Waals surface area contributed by atoms with Crippen LogP contribution in [0.15, 0.2) is 65.6 Å². The van der Waals surface area contributed by atoms with Gasteiger partial charge >= 0.3 is 0 Å². The molecule has 174 valence electrons. The molecular weight excluding hydrogens is 450 g/mol. The average Bonchev–Trinajstić information content (AvgIpc) is 3.38. The molecule has 2 N–H and O–H groups in total. The molecule has 0 bridgehead atoms. The molecule has 0 saturated carbocycles. The minimum atomic E-state index is 0.0101. The molecular formula is C27H26ClN3O3. The first-order chi connectivity index (χ1) is 16.4. The van der Waals surface area contributed by atoms with Gasteiger partial charge in [0.15, 0.2) is 5.88 Å². The van der Waals surface area contributed by atoms with Gasteiger partial charge in [0, 0.05) is 52.3 Å². The number of hydrogen-bond donors (Lipinski definition) is 2. The van der Waals surface area contributed by atoms with Crippen LogP contribution in [0.1, 0.15) is 28.1 Å². The molecule has 1 aliphatic rings. The van der Waals surface area contributed by atoms with Crippen molar-refractivity contribution in [3.63, 3.8) is 0 Å². The fourth-order valence-electron chi connectivity index (χ4n) is 4.47. The number of carbonyl (C=O) groups excluding carboxylic acids is 1. The highest BCUT2D eigenvalue weighted by Gasteiger charge is 2.21. The molecule has 5 rings (SSSR count). The van der Waals surface area contributed by atoms with Crippen LogP contribution in [0, 0.1) is 0 Å². The van der Waals surface area contributed by atoms with Gasteiger partial charge in [0.05, 0.1) is 5.56 Å². The number of aromatic hydroxyl groups is 1. The molecule has 4 aromatic rings. The molecule has 2 aromatic heterocycles. The van der Waals surface area contributed by atoms with Gasteiger partial charge in [-0.1, -0.05) is 30.3 Å². The molecule has 0 aliphatic carbocycles. The number of nitrogens with one attached hydrogen (secondary N) is 1. The molecule has 0 unspecified atom stereocenters. The zero-order valence-corrected chi connectivity index (χ0v) is 19.7. The van der Waals surface area contributed by atoms with Gasteiger partial charge in [-0.25, -0.2) is 0 Å². The highest BCUT2D eigenvalue weighted by atomic mass is 35.5. The van der Waals surface area contributed by atoms with Crippen LogP contribution in [-0.2, 0) is 0 Å². The number of hydrogen-bond acceptors (Lipinski definition) is 4. The lowest BCUT2D eigenvalue weighted by Crippen LogP contribution is -2.34. The lowest BCUT2D eigenvalue weighted by Gasteiger charge is -2.20. The number of furan rings is 1. The highest BCUT2D eigenvalue weighted by Crippen LogP contribution is 2.38. The van der Waals surface area contributed by atoms with E-state index in [1.165, 1.54) is 0 Å². The van der Waals surface area contributed by atoms with Gasteiger partial charge in [-0.2, -0.15) is 0 Å². The van der Waals surface area contributed by atoms with E-state index in [9.17, 15) is 9.90 Å². The van der Waals surface area contributed by atoms with Crippen LogP contribution in [0.5, 0.6) is 5.88 Å². The SMILES string of the molecule is C=C(c1ccc(-c2cccc(C(=O)N3CCCN(C)CC3)c2)o1)c1c(O)[nH]c2ccc(Cl)cc12. The zero-order valence-electron chi connectivity index (χ0n) is 19.0. The van der Waals surface area contributed by atoms with Crippen LogP contribution in [0.3, 0.4) is 0 Å². The number of rotatable bonds is 4. The third-order valence-corrected chi connectivity index (χ3v) is 6.58. The summed E-state index contributed by atoms with van der Waals surface area (Å²) in [5.74, 6) is 1.20. The van der Waals surface area contributed by atoms with Gasteiger partial charge in [0.2, 0.25) is 0 Å². The Morgan fingerprint density at radius 2 is 1.94 bits per heavy atom. The van der Waals surface area contributed by atoms with Crippen LogP contribution in [0.2, 0.25) is 5.02 Å². The maximum Gasteiger partial charge on any atom is 0.253 e. The lowest BCUT2D eigenvalue weighted by atomic mass is 10.0. The number of fused-ring (bicyclic) bond motifs is 1. The summed E-state index contributed by atoms with van der Waals surface area (Å²) in [5, 5.41) is 11.8. The molecule has 1 aliphatic heterocycles. The van der Waals surface area contributed by atoms with Crippen molar-refractivity contribution in [1.29, 1.82) is 0 Å². The molecule has 1 fully saturated rings. The number of halogens is 1. The summed E-state index contributed by atoms with van der Waals surface area (Å²) in [7, 11) is 2.08. The average molecular weight is 476 g/mol. The Morgan fingerprint density at radius 3 is 2.79 bits per heavy atom. The Balaban J connectivity index is 1.41. The number of carbonyl (C=O) groups is 1. The van der Waals surface area contributed by atoms with E-state index in [0.29, 0.717) is 33.2 Å². The summed E-state index contributed by atoms with van der Waals surface area (Å²) >= 11 is 6.17. The van der Waals surface area contributed by atoms with Crippen LogP contribution in [-0.4, -0.2) is 59.0 Å². The Hall–Kier alpha value is -3.48. The molecule has 2 aromatic carbocycles. The third kappa shape index (κ3) is 4.22. The number of likely N-dealkylation sites (N-methyl/N-ethyl adjacent to an activating group) is 1. The number of amides is 1. The van der Waals surface area contributed by atoms with Gasteiger partial charge < -0.3 is 24.3 Å². The molecule has 3 heterocycles. The molecule has 0 radical (unpaired) electrons. The van der Waals surface area contributed by atoms with Gasteiger partial charge in [-0.3, -0.25) is 4.79 Å². The first kappa shape index (κ1) is 22.3. The van der Waals surface area contributed by atoms with Crippen LogP contribution < -0.4 is 0 Å². The van der Waals surface area contributed by atoms with E-state index < -0.39 is 0 Å². The molecule has 34 heavy (non-hydrogen) atoms. The van der Waals surface area contributed by atoms with Crippen molar-refractivity contribution in [2.75, 3.05) is 33.2 Å². The summed E-state index contributed by atoms with van der Waals surface area (Å²) in [6.07, 6.45) is 0.970. The lowest BCUT2D eigenvalue weighted by molar-refractivity contribution is 0.0763. The molecule has 0 spiro atoms. The van der Waals surface area contributed by atoms with Gasteiger partial charge in [0.25, 0.3) is 5.91 Å². The van der Waals surface area contributed by atoms with E-state index in [-0.39, 0.29) is 11.8 Å². The normalized spacial score (nSPS) is 14.9. The minimum absolute atomic E-state index is 0.0101. The van der Waals surface area contributed by atoms with E-state index in [1.807, 2.05) is 47.4 Å². The topological polar surface area (TPSA) is 72.7 Å². The smallest absolute Gasteiger partial charge is 0.253 e. The predicted octanol–water partition coefficient (Wildman–Crippen LogP) is 5.63. The van der Waals surface area contributed by atoms with Crippen molar-refractivity contribution < 1.29 is 14.3 Å². The van der Waals surface area contributed by atoms with E-state index >= 15 is 0 Å². The third-order valence-electron chi connectivity index (χ3n) is 6.35. The van der Waals surface area contributed by atoms with Crippen molar-refractivity contribution >= 4 is 34.0 Å². The van der Waals surface area contributed by atoms with Crippen molar-refractivity contribution in [1.82, 2.24) is 14.8 Å². The van der Waals surface area contributed by atoms with E-state index in [0.717, 1.165) is 49.1 Å². The maximum absolute atomic E-state index is 13.1. The summed E-state index contributed by atoms with van der Waals surface area (Å²) in [4.78, 5) is 20.2. The first-order valence-corrected chi connectivity index (χ1v) is 11.7. The predicted molar refractivity (Wildman–Crippen MR) is 135 cm³/mol. The number of aromatic nitrogens is 1. The summed E-state index contributed by atoms with van der Waals surface area (Å²) in [5.41, 5.74) is 3.30. The Kier molecular flexibility index (Phi) is 5.94. The van der Waals surface area contributed by atoms with Gasteiger partial charge in [-0.05, 0) is 62.5 Å². The molecule has 7 heteroatoms. The summed E-state index contributed by atoms with van der Waals surface area (Å²) in [6.45, 7) is 7.52. The second kappa shape index (κ2) is 9.05. The number of aromatic amines is 1. The summed E-state index contributed by atoms with van der Waals surface area (Å²) in [6, 6.07) is 16.5. The molecule has 1 saturated heterocycles. The second-order valence-corrected chi connectivity index (χ2v) is 9.15. The van der Waals surface area contributed by atoms with Crippen molar-refractivity contribution in [2.45, 2.75) is 6.42 Å². The number of benzene rings is 2. The molecule has 0 atom stereocenters. The van der Waals surface area contributed by atoms with Crippen LogP contribution in [0.4, 0.5) is 0 Å². The minimum Gasteiger partial charge on any atom is -0.494 e. The largest absolute Gasteiger partial charge is 0.494 e. The van der Waals surface area contributed by atoms with E-state index in [1.54, 1.807) is 12.1 Å².